The maximum atomic E-state index is 12.3. The molecule has 2 heterocycles. The first-order valence-electron chi connectivity index (χ1n) is 5.97. The first kappa shape index (κ1) is 16.1. The molecule has 1 aliphatic heterocycles. The van der Waals surface area contributed by atoms with E-state index < -0.39 is 15.2 Å². The van der Waals surface area contributed by atoms with Crippen molar-refractivity contribution in [3.05, 3.63) is 16.1 Å². The molecule has 1 saturated heterocycles. The van der Waals surface area contributed by atoms with E-state index in [9.17, 15) is 13.2 Å². The van der Waals surface area contributed by atoms with E-state index >= 15 is 0 Å². The lowest BCUT2D eigenvalue weighted by atomic mass is 10.3. The zero-order chi connectivity index (χ0) is 14.8. The molecule has 1 amide bonds. The van der Waals surface area contributed by atoms with Crippen LogP contribution in [-0.4, -0.2) is 53.9 Å². The van der Waals surface area contributed by atoms with Gasteiger partial charge in [0.2, 0.25) is 5.91 Å². The maximum absolute atomic E-state index is 12.3. The van der Waals surface area contributed by atoms with Gasteiger partial charge in [0.05, 0.1) is 18.0 Å². The van der Waals surface area contributed by atoms with E-state index in [0.717, 1.165) is 11.4 Å². The van der Waals surface area contributed by atoms with Gasteiger partial charge in [-0.2, -0.15) is 11.8 Å². The van der Waals surface area contributed by atoms with E-state index in [1.165, 1.54) is 22.5 Å². The van der Waals surface area contributed by atoms with E-state index in [-0.39, 0.29) is 12.3 Å². The number of aromatic nitrogens is 1. The number of rotatable bonds is 4. The van der Waals surface area contributed by atoms with Gasteiger partial charge in [-0.1, -0.05) is 0 Å². The molecular formula is C11H15ClN2O3S3. The Morgan fingerprint density at radius 3 is 2.95 bits per heavy atom. The van der Waals surface area contributed by atoms with Gasteiger partial charge in [0.25, 0.3) is 0 Å². The van der Waals surface area contributed by atoms with Crippen molar-refractivity contribution in [3.8, 4) is 0 Å². The van der Waals surface area contributed by atoms with Gasteiger partial charge in [-0.3, -0.25) is 4.79 Å². The number of halogens is 1. The number of alkyl halides is 1. The van der Waals surface area contributed by atoms with Crippen molar-refractivity contribution in [3.63, 3.8) is 0 Å². The van der Waals surface area contributed by atoms with Gasteiger partial charge in [-0.25, -0.2) is 13.4 Å². The van der Waals surface area contributed by atoms with Crippen LogP contribution in [0.3, 0.4) is 0 Å². The van der Waals surface area contributed by atoms with Crippen molar-refractivity contribution in [1.82, 2.24) is 9.88 Å². The number of thioether (sulfide) groups is 1. The number of sulfone groups is 1. The number of carbonyl (C=O) groups excluding carboxylic acids is 1. The number of hydrogen-bond donors (Lipinski definition) is 0. The van der Waals surface area contributed by atoms with Crippen LogP contribution in [0.15, 0.2) is 5.38 Å². The van der Waals surface area contributed by atoms with Crippen molar-refractivity contribution in [1.29, 1.82) is 0 Å². The highest BCUT2D eigenvalue weighted by molar-refractivity contribution is 8.00. The quantitative estimate of drug-likeness (QED) is 0.764. The number of carbonyl (C=O) groups is 1. The Balaban J connectivity index is 2.10. The molecule has 9 heteroatoms. The smallest absolute Gasteiger partial charge is 0.230 e. The van der Waals surface area contributed by atoms with Crippen LogP contribution >= 0.6 is 34.7 Å². The fourth-order valence-corrected chi connectivity index (χ4v) is 5.79. The van der Waals surface area contributed by atoms with Crippen molar-refractivity contribution in [2.75, 3.05) is 24.3 Å². The topological polar surface area (TPSA) is 67.3 Å². The molecule has 0 aliphatic carbocycles. The molecule has 0 bridgehead atoms. The zero-order valence-electron chi connectivity index (χ0n) is 10.9. The minimum atomic E-state index is -3.27. The van der Waals surface area contributed by atoms with Crippen LogP contribution in [-0.2, 0) is 26.9 Å². The Bertz CT molecular complexity index is 587. The van der Waals surface area contributed by atoms with Crippen LogP contribution in [0.2, 0.25) is 0 Å². The molecule has 0 radical (unpaired) electrons. The first-order valence-corrected chi connectivity index (χ1v) is 10.5. The Labute approximate surface area is 131 Å². The molecule has 1 aromatic rings. The molecule has 1 fully saturated rings. The fraction of sp³-hybridized carbons (Fsp3) is 0.636. The lowest BCUT2D eigenvalue weighted by Gasteiger charge is -2.33. The van der Waals surface area contributed by atoms with Gasteiger partial charge >= 0.3 is 0 Å². The van der Waals surface area contributed by atoms with Gasteiger partial charge in [-0.15, -0.1) is 22.9 Å². The van der Waals surface area contributed by atoms with E-state index in [0.29, 0.717) is 23.2 Å². The van der Waals surface area contributed by atoms with Crippen LogP contribution < -0.4 is 0 Å². The molecule has 0 N–H and O–H groups in total. The molecular weight excluding hydrogens is 340 g/mol. The highest BCUT2D eigenvalue weighted by Gasteiger charge is 2.34. The summed E-state index contributed by atoms with van der Waals surface area (Å²) in [6.07, 6.45) is 1.32. The second-order valence-corrected chi connectivity index (χ2v) is 9.05. The minimum Gasteiger partial charge on any atom is -0.324 e. The van der Waals surface area contributed by atoms with E-state index in [4.69, 9.17) is 11.6 Å². The summed E-state index contributed by atoms with van der Waals surface area (Å²) in [5, 5.41) is 1.77. The fourth-order valence-electron chi connectivity index (χ4n) is 1.94. The van der Waals surface area contributed by atoms with E-state index in [1.54, 1.807) is 11.8 Å². The minimum absolute atomic E-state index is 0.137. The lowest BCUT2D eigenvalue weighted by Crippen LogP contribution is -2.50. The Morgan fingerprint density at radius 1 is 1.60 bits per heavy atom. The molecule has 1 atom stereocenters. The molecule has 2 rings (SSSR count). The molecule has 20 heavy (non-hydrogen) atoms. The first-order chi connectivity index (χ1) is 9.41. The van der Waals surface area contributed by atoms with Crippen LogP contribution in [0, 0.1) is 0 Å². The average Bonchev–Trinajstić information content (AvgIpc) is 2.85. The summed E-state index contributed by atoms with van der Waals surface area (Å²) < 4.78 is 23.5. The molecule has 1 unspecified atom stereocenters. The second kappa shape index (κ2) is 6.64. The highest BCUT2D eigenvalue weighted by atomic mass is 35.5. The normalized spacial score (nSPS) is 20.1. The van der Waals surface area contributed by atoms with Crippen LogP contribution in [0.1, 0.15) is 10.7 Å². The Hall–Kier alpha value is -0.310. The highest BCUT2D eigenvalue weighted by Crippen LogP contribution is 2.22. The summed E-state index contributed by atoms with van der Waals surface area (Å²) in [6, 6.07) is 0. The zero-order valence-corrected chi connectivity index (χ0v) is 14.1. The molecule has 0 aromatic carbocycles. The number of hydrogen-bond acceptors (Lipinski definition) is 6. The summed E-state index contributed by atoms with van der Waals surface area (Å²) in [7, 11) is -3.27. The molecule has 5 nitrogen and oxygen atoms in total. The third kappa shape index (κ3) is 3.87. The number of nitrogens with zero attached hydrogens (tertiary/aromatic N) is 2. The van der Waals surface area contributed by atoms with Gasteiger partial charge in [0, 0.05) is 29.7 Å². The van der Waals surface area contributed by atoms with Crippen molar-refractivity contribution >= 4 is 50.4 Å². The van der Waals surface area contributed by atoms with Crippen molar-refractivity contribution < 1.29 is 13.2 Å². The van der Waals surface area contributed by atoms with Crippen LogP contribution in [0.5, 0.6) is 0 Å². The number of thiazole rings is 1. The molecule has 112 valence electrons. The van der Waals surface area contributed by atoms with Crippen molar-refractivity contribution in [2.45, 2.75) is 17.7 Å². The molecule has 0 spiro atoms. The third-order valence-electron chi connectivity index (χ3n) is 2.94. The summed E-state index contributed by atoms with van der Waals surface area (Å²) >= 11 is 8.61. The van der Waals surface area contributed by atoms with Gasteiger partial charge < -0.3 is 4.90 Å². The monoisotopic (exact) mass is 354 g/mol. The summed E-state index contributed by atoms with van der Waals surface area (Å²) in [4.78, 5) is 18.0. The van der Waals surface area contributed by atoms with Gasteiger partial charge in [0.15, 0.2) is 9.84 Å². The Morgan fingerprint density at radius 2 is 2.35 bits per heavy atom. The molecule has 0 saturated carbocycles. The van der Waals surface area contributed by atoms with Gasteiger partial charge in [0.1, 0.15) is 10.4 Å². The average molecular weight is 355 g/mol. The van der Waals surface area contributed by atoms with Crippen molar-refractivity contribution in [2.24, 2.45) is 0 Å². The third-order valence-corrected chi connectivity index (χ3v) is 6.75. The molecule has 1 aliphatic rings. The van der Waals surface area contributed by atoms with Crippen LogP contribution in [0.25, 0.3) is 0 Å². The van der Waals surface area contributed by atoms with Gasteiger partial charge in [-0.05, 0) is 0 Å². The maximum Gasteiger partial charge on any atom is 0.230 e. The summed E-state index contributed by atoms with van der Waals surface area (Å²) in [5.74, 6) is 1.34. The van der Waals surface area contributed by atoms with E-state index in [2.05, 4.69) is 4.98 Å². The summed E-state index contributed by atoms with van der Waals surface area (Å²) in [5.41, 5.74) is 0.744. The summed E-state index contributed by atoms with van der Waals surface area (Å²) in [6.45, 7) is 0.467. The Kier molecular flexibility index (Phi) is 5.33. The standard InChI is InChI=1S/C11H15ClN2O3S3/c1-20(16,17)11-7-18-3-2-14(11)10(15)4-9-13-8(5-12)6-19-9/h6,11H,2-5,7H2,1H3. The predicted molar refractivity (Wildman–Crippen MR) is 83.0 cm³/mol. The number of amides is 1. The second-order valence-electron chi connectivity index (χ2n) is 4.49. The molecule has 1 aromatic heterocycles. The lowest BCUT2D eigenvalue weighted by molar-refractivity contribution is -0.130. The SMILES string of the molecule is CS(=O)(=O)C1CSCCN1C(=O)Cc1nc(CCl)cs1. The predicted octanol–water partition coefficient (Wildman–Crippen LogP) is 1.37. The van der Waals surface area contributed by atoms with E-state index in [1.807, 2.05) is 5.38 Å². The van der Waals surface area contributed by atoms with Crippen LogP contribution in [0.4, 0.5) is 0 Å². The largest absolute Gasteiger partial charge is 0.324 e.